The van der Waals surface area contributed by atoms with Gasteiger partial charge in [-0.1, -0.05) is 48.0 Å². The average molecular weight is 301 g/mol. The van der Waals surface area contributed by atoms with Crippen molar-refractivity contribution in [2.24, 2.45) is 5.92 Å². The molecule has 2 aromatic rings. The van der Waals surface area contributed by atoms with E-state index in [1.165, 1.54) is 24.8 Å². The maximum Gasteiger partial charge on any atom is 0.0789 e. The summed E-state index contributed by atoms with van der Waals surface area (Å²) in [6, 6.07) is 16.5. The van der Waals surface area contributed by atoms with Crippen LogP contribution in [0.2, 0.25) is 5.02 Å². The molecule has 0 aliphatic carbocycles. The first-order valence-corrected chi connectivity index (χ1v) is 7.94. The van der Waals surface area contributed by atoms with Crippen LogP contribution in [0.25, 0.3) is 0 Å². The van der Waals surface area contributed by atoms with E-state index < -0.39 is 0 Å². The minimum absolute atomic E-state index is 0.757. The molecule has 0 amide bonds. The summed E-state index contributed by atoms with van der Waals surface area (Å²) in [7, 11) is 0. The second-order valence-corrected chi connectivity index (χ2v) is 6.21. The lowest BCUT2D eigenvalue weighted by Crippen LogP contribution is -2.35. The van der Waals surface area contributed by atoms with Gasteiger partial charge >= 0.3 is 0 Å². The largest absolute Gasteiger partial charge is 0.397 e. The number of hydrogen-bond acceptors (Lipinski definition) is 2. The summed E-state index contributed by atoms with van der Waals surface area (Å²) in [5.74, 6) is 0.757. The molecule has 0 atom stereocenters. The van der Waals surface area contributed by atoms with Gasteiger partial charge < -0.3 is 10.6 Å². The molecule has 2 N–H and O–H groups in total. The van der Waals surface area contributed by atoms with Crippen molar-refractivity contribution >= 4 is 23.0 Å². The zero-order valence-corrected chi connectivity index (χ0v) is 12.9. The van der Waals surface area contributed by atoms with Gasteiger partial charge in [-0.3, -0.25) is 0 Å². The van der Waals surface area contributed by atoms with Crippen LogP contribution in [0.1, 0.15) is 18.4 Å². The van der Waals surface area contributed by atoms with Crippen molar-refractivity contribution in [3.8, 4) is 0 Å². The molecule has 21 heavy (non-hydrogen) atoms. The first-order valence-electron chi connectivity index (χ1n) is 7.57. The number of nitrogens with zero attached hydrogens (tertiary/aromatic N) is 1. The Bertz CT molecular complexity index is 569. The van der Waals surface area contributed by atoms with Gasteiger partial charge in [0.2, 0.25) is 0 Å². The molecule has 3 rings (SSSR count). The van der Waals surface area contributed by atoms with Gasteiger partial charge in [0.15, 0.2) is 0 Å². The Morgan fingerprint density at radius 3 is 2.38 bits per heavy atom. The van der Waals surface area contributed by atoms with Gasteiger partial charge in [-0.2, -0.15) is 0 Å². The van der Waals surface area contributed by atoms with Gasteiger partial charge in [-0.25, -0.2) is 0 Å². The Morgan fingerprint density at radius 2 is 1.71 bits per heavy atom. The second-order valence-electron chi connectivity index (χ2n) is 5.80. The van der Waals surface area contributed by atoms with E-state index in [2.05, 4.69) is 35.2 Å². The Morgan fingerprint density at radius 1 is 1.00 bits per heavy atom. The topological polar surface area (TPSA) is 29.3 Å². The maximum absolute atomic E-state index is 6.31. The van der Waals surface area contributed by atoms with E-state index in [4.69, 9.17) is 17.3 Å². The predicted molar refractivity (Wildman–Crippen MR) is 90.9 cm³/mol. The molecule has 0 bridgehead atoms. The fourth-order valence-electron chi connectivity index (χ4n) is 3.17. The van der Waals surface area contributed by atoms with Gasteiger partial charge in [-0.05, 0) is 42.9 Å². The highest BCUT2D eigenvalue weighted by Gasteiger charge is 2.22. The number of para-hydroxylation sites is 1. The summed E-state index contributed by atoms with van der Waals surface area (Å²) in [6.45, 7) is 2.07. The number of anilines is 2. The van der Waals surface area contributed by atoms with Gasteiger partial charge in [0.1, 0.15) is 0 Å². The van der Waals surface area contributed by atoms with Crippen molar-refractivity contribution in [3.05, 3.63) is 59.1 Å². The SMILES string of the molecule is Nc1cccc(Cl)c1N1CCC(Cc2ccccc2)CC1. The minimum atomic E-state index is 0.757. The van der Waals surface area contributed by atoms with Crippen LogP contribution in [0.15, 0.2) is 48.5 Å². The second kappa shape index (κ2) is 6.40. The smallest absolute Gasteiger partial charge is 0.0789 e. The molecule has 0 unspecified atom stereocenters. The molecule has 1 fully saturated rings. The molecular formula is C18H21ClN2. The number of hydrogen-bond donors (Lipinski definition) is 1. The highest BCUT2D eigenvalue weighted by Crippen LogP contribution is 2.35. The van der Waals surface area contributed by atoms with Crippen molar-refractivity contribution in [1.82, 2.24) is 0 Å². The zero-order chi connectivity index (χ0) is 14.7. The molecule has 1 aliphatic heterocycles. The molecule has 2 nitrogen and oxygen atoms in total. The van der Waals surface area contributed by atoms with E-state index in [1.54, 1.807) is 0 Å². The summed E-state index contributed by atoms with van der Waals surface area (Å²) in [5, 5.41) is 0.761. The molecule has 1 saturated heterocycles. The normalized spacial score (nSPS) is 16.1. The standard InChI is InChI=1S/C18H21ClN2/c19-16-7-4-8-17(20)18(16)21-11-9-15(10-12-21)13-14-5-2-1-3-6-14/h1-8,15H,9-13,20H2. The molecular weight excluding hydrogens is 280 g/mol. The quantitative estimate of drug-likeness (QED) is 0.852. The van der Waals surface area contributed by atoms with Crippen LogP contribution in [-0.4, -0.2) is 13.1 Å². The van der Waals surface area contributed by atoms with Crippen LogP contribution in [0, 0.1) is 5.92 Å². The van der Waals surface area contributed by atoms with Crippen molar-refractivity contribution in [2.75, 3.05) is 23.7 Å². The lowest BCUT2D eigenvalue weighted by atomic mass is 9.90. The number of benzene rings is 2. The maximum atomic E-state index is 6.31. The Hall–Kier alpha value is -1.67. The Kier molecular flexibility index (Phi) is 4.35. The molecule has 1 heterocycles. The van der Waals surface area contributed by atoms with E-state index in [-0.39, 0.29) is 0 Å². The van der Waals surface area contributed by atoms with Gasteiger partial charge in [-0.15, -0.1) is 0 Å². The van der Waals surface area contributed by atoms with Crippen LogP contribution in [0.4, 0.5) is 11.4 Å². The molecule has 0 radical (unpaired) electrons. The molecule has 1 aliphatic rings. The number of rotatable bonds is 3. The van der Waals surface area contributed by atoms with Crippen LogP contribution in [0.5, 0.6) is 0 Å². The highest BCUT2D eigenvalue weighted by atomic mass is 35.5. The van der Waals surface area contributed by atoms with Crippen molar-refractivity contribution in [2.45, 2.75) is 19.3 Å². The molecule has 0 spiro atoms. The van der Waals surface area contributed by atoms with E-state index in [0.717, 1.165) is 35.4 Å². The summed E-state index contributed by atoms with van der Waals surface area (Å²) in [5.41, 5.74) is 9.32. The van der Waals surface area contributed by atoms with E-state index in [9.17, 15) is 0 Å². The van der Waals surface area contributed by atoms with Crippen molar-refractivity contribution < 1.29 is 0 Å². The average Bonchev–Trinajstić information content (AvgIpc) is 2.50. The van der Waals surface area contributed by atoms with E-state index in [0.29, 0.717) is 0 Å². The monoisotopic (exact) mass is 300 g/mol. The first-order chi connectivity index (χ1) is 10.2. The Labute approximate surface area is 131 Å². The third-order valence-corrected chi connectivity index (χ3v) is 4.62. The van der Waals surface area contributed by atoms with Crippen molar-refractivity contribution in [3.63, 3.8) is 0 Å². The number of nitrogen functional groups attached to an aromatic ring is 1. The lowest BCUT2D eigenvalue weighted by molar-refractivity contribution is 0.404. The predicted octanol–water partition coefficient (Wildman–Crippen LogP) is 4.38. The van der Waals surface area contributed by atoms with Gasteiger partial charge in [0, 0.05) is 13.1 Å². The third-order valence-electron chi connectivity index (χ3n) is 4.32. The number of piperidine rings is 1. The van der Waals surface area contributed by atoms with Crippen LogP contribution >= 0.6 is 11.6 Å². The number of nitrogens with two attached hydrogens (primary N) is 1. The summed E-state index contributed by atoms with van der Waals surface area (Å²) in [6.07, 6.45) is 3.56. The molecule has 2 aromatic carbocycles. The lowest BCUT2D eigenvalue weighted by Gasteiger charge is -2.34. The fourth-order valence-corrected chi connectivity index (χ4v) is 3.48. The molecule has 0 aromatic heterocycles. The zero-order valence-electron chi connectivity index (χ0n) is 12.1. The van der Waals surface area contributed by atoms with E-state index >= 15 is 0 Å². The van der Waals surface area contributed by atoms with Crippen LogP contribution in [0.3, 0.4) is 0 Å². The van der Waals surface area contributed by atoms with Crippen LogP contribution in [-0.2, 0) is 6.42 Å². The molecule has 0 saturated carbocycles. The van der Waals surface area contributed by atoms with Crippen LogP contribution < -0.4 is 10.6 Å². The number of halogens is 1. The van der Waals surface area contributed by atoms with Crippen molar-refractivity contribution in [1.29, 1.82) is 0 Å². The minimum Gasteiger partial charge on any atom is -0.397 e. The fraction of sp³-hybridized carbons (Fsp3) is 0.333. The summed E-state index contributed by atoms with van der Waals surface area (Å²) < 4.78 is 0. The summed E-state index contributed by atoms with van der Waals surface area (Å²) in [4.78, 5) is 2.33. The third kappa shape index (κ3) is 3.33. The first kappa shape index (κ1) is 14.3. The van der Waals surface area contributed by atoms with E-state index in [1.807, 2.05) is 18.2 Å². The van der Waals surface area contributed by atoms with Gasteiger partial charge in [0.25, 0.3) is 0 Å². The molecule has 3 heteroatoms. The molecule has 110 valence electrons. The highest BCUT2D eigenvalue weighted by molar-refractivity contribution is 6.34. The summed E-state index contributed by atoms with van der Waals surface area (Å²) >= 11 is 6.31. The van der Waals surface area contributed by atoms with Gasteiger partial charge in [0.05, 0.1) is 16.4 Å². The Balaban J connectivity index is 1.63.